The van der Waals surface area contributed by atoms with Crippen molar-refractivity contribution in [2.75, 3.05) is 47.5 Å². The zero-order valence-electron chi connectivity index (χ0n) is 50.4. The lowest BCUT2D eigenvalue weighted by atomic mass is 10.0. The van der Waals surface area contributed by atoms with Crippen LogP contribution in [0.5, 0.6) is 0 Å². The van der Waals surface area contributed by atoms with Crippen LogP contribution in [-0.2, 0) is 33.3 Å². The molecule has 0 aliphatic heterocycles. The highest BCUT2D eigenvalue weighted by Gasteiger charge is 2.22. The molecule has 0 heterocycles. The van der Waals surface area contributed by atoms with Crippen LogP contribution in [0.25, 0.3) is 0 Å². The molecular formula is C66H125NO8. The second-order valence-electron chi connectivity index (χ2n) is 23.4. The van der Waals surface area contributed by atoms with Gasteiger partial charge in [0.15, 0.2) is 12.4 Å². The van der Waals surface area contributed by atoms with Crippen molar-refractivity contribution < 1.29 is 42.9 Å². The minimum Gasteiger partial charge on any atom is -0.545 e. The molecule has 75 heavy (non-hydrogen) atoms. The first-order valence-corrected chi connectivity index (χ1v) is 32.5. The van der Waals surface area contributed by atoms with Gasteiger partial charge >= 0.3 is 11.9 Å². The summed E-state index contributed by atoms with van der Waals surface area (Å²) < 4.78 is 22.6. The monoisotopic (exact) mass is 1060 g/mol. The van der Waals surface area contributed by atoms with Crippen molar-refractivity contribution in [3.63, 3.8) is 0 Å². The number of hydrogen-bond donors (Lipinski definition) is 0. The van der Waals surface area contributed by atoms with Crippen molar-refractivity contribution in [2.45, 2.75) is 334 Å². The fraction of sp³-hybridized carbons (Fsp3) is 0.894. The third-order valence-electron chi connectivity index (χ3n) is 14.7. The van der Waals surface area contributed by atoms with E-state index in [2.05, 4.69) is 38.2 Å². The summed E-state index contributed by atoms with van der Waals surface area (Å²) in [5, 5.41) is 11.7. The number of rotatable bonds is 61. The molecule has 0 N–H and O–H groups in total. The normalized spacial score (nSPS) is 12.8. The van der Waals surface area contributed by atoms with Gasteiger partial charge in [-0.2, -0.15) is 0 Å². The highest BCUT2D eigenvalue weighted by molar-refractivity contribution is 5.70. The Bertz CT molecular complexity index is 1280. The molecule has 2 atom stereocenters. The summed E-state index contributed by atoms with van der Waals surface area (Å²) in [5.41, 5.74) is 0. The number of ether oxygens (including phenoxy) is 4. The number of aliphatic carboxylic acids is 1. The molecule has 0 aromatic heterocycles. The summed E-state index contributed by atoms with van der Waals surface area (Å²) in [6.45, 7) is 4.75. The Kier molecular flexibility index (Phi) is 56.2. The van der Waals surface area contributed by atoms with Gasteiger partial charge in [0.2, 0.25) is 0 Å². The Balaban J connectivity index is 3.80. The molecule has 9 nitrogen and oxygen atoms in total. The van der Waals surface area contributed by atoms with Crippen LogP contribution in [0, 0.1) is 0 Å². The van der Waals surface area contributed by atoms with Gasteiger partial charge in [0.25, 0.3) is 0 Å². The molecule has 0 spiro atoms. The molecule has 0 fully saturated rings. The van der Waals surface area contributed by atoms with Gasteiger partial charge in [-0.1, -0.05) is 289 Å². The Morgan fingerprint density at radius 3 is 1.05 bits per heavy atom. The highest BCUT2D eigenvalue weighted by Crippen LogP contribution is 2.18. The molecule has 0 aliphatic rings. The molecular weight excluding hydrogens is 935 g/mol. The maximum absolute atomic E-state index is 12.8. The fourth-order valence-electron chi connectivity index (χ4n) is 9.69. The Morgan fingerprint density at radius 2 is 0.720 bits per heavy atom. The molecule has 0 aliphatic carbocycles. The van der Waals surface area contributed by atoms with Crippen LogP contribution in [0.15, 0.2) is 24.3 Å². The molecule has 0 aromatic rings. The van der Waals surface area contributed by atoms with Crippen LogP contribution in [0.4, 0.5) is 0 Å². The van der Waals surface area contributed by atoms with E-state index < -0.39 is 24.3 Å². The first-order chi connectivity index (χ1) is 36.6. The van der Waals surface area contributed by atoms with E-state index in [-0.39, 0.29) is 32.2 Å². The van der Waals surface area contributed by atoms with E-state index in [0.29, 0.717) is 17.4 Å². The number of carboxylic acids is 1. The van der Waals surface area contributed by atoms with E-state index in [1.165, 1.54) is 250 Å². The topological polar surface area (TPSA) is 111 Å². The van der Waals surface area contributed by atoms with Crippen LogP contribution < -0.4 is 5.11 Å². The van der Waals surface area contributed by atoms with Crippen LogP contribution in [0.2, 0.25) is 0 Å². The van der Waals surface area contributed by atoms with Gasteiger partial charge in [-0.25, -0.2) is 0 Å². The van der Waals surface area contributed by atoms with E-state index >= 15 is 0 Å². The van der Waals surface area contributed by atoms with E-state index in [0.717, 1.165) is 44.9 Å². The molecule has 0 radical (unpaired) electrons. The van der Waals surface area contributed by atoms with E-state index in [9.17, 15) is 19.5 Å². The van der Waals surface area contributed by atoms with Gasteiger partial charge in [-0.15, -0.1) is 0 Å². The summed E-state index contributed by atoms with van der Waals surface area (Å²) in [6.07, 6.45) is 67.3. The van der Waals surface area contributed by atoms with Crippen molar-refractivity contribution in [2.24, 2.45) is 0 Å². The smallest absolute Gasteiger partial charge is 0.306 e. The van der Waals surface area contributed by atoms with Crippen molar-refractivity contribution in [3.05, 3.63) is 24.3 Å². The van der Waals surface area contributed by atoms with Gasteiger partial charge in [-0.3, -0.25) is 9.59 Å². The third kappa shape index (κ3) is 59.3. The summed E-state index contributed by atoms with van der Waals surface area (Å²) >= 11 is 0. The number of carbonyl (C=O) groups is 3. The number of carboxylic acid groups (broad SMARTS) is 1. The molecule has 442 valence electrons. The SMILES string of the molecule is CCCCCCC/C=C\C/C=C\CCCCCCCCCCCCCCCCCCCCCCCCCCCCCCCC(=O)OC(COC(=O)CCCCCCCCCCC)COC(OCC[N+](C)(C)C)C(=O)[O-]. The molecule has 0 amide bonds. The minimum absolute atomic E-state index is 0.152. The predicted molar refractivity (Wildman–Crippen MR) is 316 cm³/mol. The first-order valence-electron chi connectivity index (χ1n) is 32.5. The molecule has 0 saturated carbocycles. The van der Waals surface area contributed by atoms with E-state index in [1.807, 2.05) is 21.1 Å². The Hall–Kier alpha value is -2.23. The second kappa shape index (κ2) is 57.9. The molecule has 0 aromatic carbocycles. The Labute approximate surface area is 465 Å². The zero-order valence-corrected chi connectivity index (χ0v) is 50.4. The van der Waals surface area contributed by atoms with Gasteiger partial charge < -0.3 is 33.3 Å². The molecule has 0 bridgehead atoms. The number of quaternary nitrogens is 1. The number of hydrogen-bond acceptors (Lipinski definition) is 8. The van der Waals surface area contributed by atoms with Crippen LogP contribution in [0.3, 0.4) is 0 Å². The fourth-order valence-corrected chi connectivity index (χ4v) is 9.69. The van der Waals surface area contributed by atoms with Crippen molar-refractivity contribution >= 4 is 17.9 Å². The molecule has 0 rings (SSSR count). The lowest BCUT2D eigenvalue weighted by Crippen LogP contribution is -2.44. The number of allylic oxidation sites excluding steroid dienone is 4. The summed E-state index contributed by atoms with van der Waals surface area (Å²) in [6, 6.07) is 0. The average Bonchev–Trinajstić information content (AvgIpc) is 3.38. The molecule has 0 saturated heterocycles. The molecule has 9 heteroatoms. The largest absolute Gasteiger partial charge is 0.545 e. The van der Waals surface area contributed by atoms with Crippen LogP contribution in [-0.4, -0.2) is 82.3 Å². The summed E-state index contributed by atoms with van der Waals surface area (Å²) in [7, 11) is 5.93. The summed E-state index contributed by atoms with van der Waals surface area (Å²) in [4.78, 5) is 37.1. The second-order valence-corrected chi connectivity index (χ2v) is 23.4. The lowest BCUT2D eigenvalue weighted by molar-refractivity contribution is -0.870. The van der Waals surface area contributed by atoms with Gasteiger partial charge in [0.1, 0.15) is 13.2 Å². The van der Waals surface area contributed by atoms with Crippen molar-refractivity contribution in [1.82, 2.24) is 0 Å². The zero-order chi connectivity index (χ0) is 54.8. The minimum atomic E-state index is -1.61. The number of nitrogens with zero attached hydrogens (tertiary/aromatic N) is 1. The number of likely N-dealkylation sites (N-methyl/N-ethyl adjacent to an activating group) is 1. The number of carbonyl (C=O) groups excluding carboxylic acids is 3. The van der Waals surface area contributed by atoms with Crippen molar-refractivity contribution in [1.29, 1.82) is 0 Å². The maximum Gasteiger partial charge on any atom is 0.306 e. The van der Waals surface area contributed by atoms with Gasteiger partial charge in [0, 0.05) is 12.8 Å². The molecule has 2 unspecified atom stereocenters. The number of esters is 2. The number of unbranched alkanes of at least 4 members (excludes halogenated alkanes) is 42. The summed E-state index contributed by atoms with van der Waals surface area (Å²) in [5.74, 6) is -2.26. The first kappa shape index (κ1) is 72.8. The third-order valence-corrected chi connectivity index (χ3v) is 14.7. The van der Waals surface area contributed by atoms with Gasteiger partial charge in [0.05, 0.1) is 40.3 Å². The van der Waals surface area contributed by atoms with Crippen LogP contribution in [0.1, 0.15) is 322 Å². The van der Waals surface area contributed by atoms with Gasteiger partial charge in [-0.05, 0) is 44.9 Å². The van der Waals surface area contributed by atoms with Crippen LogP contribution >= 0.6 is 0 Å². The maximum atomic E-state index is 12.8. The highest BCUT2D eigenvalue weighted by atomic mass is 16.7. The average molecular weight is 1060 g/mol. The quantitative estimate of drug-likeness (QED) is 0.0195. The lowest BCUT2D eigenvalue weighted by Gasteiger charge is -2.26. The van der Waals surface area contributed by atoms with E-state index in [4.69, 9.17) is 18.9 Å². The Morgan fingerprint density at radius 1 is 0.400 bits per heavy atom. The van der Waals surface area contributed by atoms with Crippen molar-refractivity contribution in [3.8, 4) is 0 Å². The van der Waals surface area contributed by atoms with E-state index in [1.54, 1.807) is 0 Å². The standard InChI is InChI=1S/C66H125NO8/c1-6-8-10-12-14-16-17-18-19-20-21-22-23-24-25-26-27-28-29-30-31-32-33-34-35-36-37-38-39-40-41-42-43-44-45-46-47-49-51-53-55-57-64(69)75-62(61-74-66(65(70)71)72-59-58-67(3,4)5)60-73-63(68)56-54-52-50-48-15-13-11-9-7-2/h17-18,20-21,62,66H,6-16,19,22-61H2,1-5H3/b18-17-,21-20-. The predicted octanol–water partition coefficient (Wildman–Crippen LogP) is 18.1.